The normalized spacial score (nSPS) is 30.2. The van der Waals surface area contributed by atoms with Crippen LogP contribution in [-0.2, 0) is 9.84 Å². The number of hydrogen-bond acceptors (Lipinski definition) is 4. The lowest BCUT2D eigenvalue weighted by Crippen LogP contribution is -2.60. The quantitative estimate of drug-likeness (QED) is 0.752. The van der Waals surface area contributed by atoms with Crippen molar-refractivity contribution in [2.75, 3.05) is 24.6 Å². The smallest absolute Gasteiger partial charge is 0.329 e. The van der Waals surface area contributed by atoms with Crippen LogP contribution in [0.2, 0.25) is 0 Å². The fourth-order valence-corrected chi connectivity index (χ4v) is 3.79. The predicted molar refractivity (Wildman–Crippen MR) is 53.7 cm³/mol. The first kappa shape index (κ1) is 13.7. The summed E-state index contributed by atoms with van der Waals surface area (Å²) in [5, 5.41) is 2.25. The fraction of sp³-hybridized carbons (Fsp3) is 1.00. The zero-order chi connectivity index (χ0) is 12.4. The number of nitrogens with two attached hydrogens (primary N) is 1. The summed E-state index contributed by atoms with van der Waals surface area (Å²) in [6.45, 7) is -1.32. The Balaban J connectivity index is 2.70. The molecule has 96 valence electrons. The highest BCUT2D eigenvalue weighted by molar-refractivity contribution is 7.91. The van der Waals surface area contributed by atoms with Crippen LogP contribution in [0.25, 0.3) is 0 Å². The second-order valence-electron chi connectivity index (χ2n) is 4.15. The molecule has 1 aliphatic rings. The Bertz CT molecular complexity index is 342. The molecule has 1 unspecified atom stereocenters. The fourth-order valence-electron chi connectivity index (χ4n) is 1.86. The van der Waals surface area contributed by atoms with E-state index in [9.17, 15) is 21.6 Å². The van der Waals surface area contributed by atoms with Gasteiger partial charge in [0.25, 0.3) is 0 Å². The highest BCUT2D eigenvalue weighted by atomic mass is 32.2. The first-order chi connectivity index (χ1) is 7.18. The number of rotatable bonds is 3. The number of hydrogen-bond donors (Lipinski definition) is 2. The molecule has 0 aliphatic carbocycles. The van der Waals surface area contributed by atoms with E-state index in [0.717, 1.165) is 0 Å². The van der Waals surface area contributed by atoms with E-state index in [2.05, 4.69) is 5.32 Å². The Labute approximate surface area is 92.3 Å². The van der Waals surface area contributed by atoms with E-state index < -0.39 is 28.1 Å². The minimum absolute atomic E-state index is 0.0302. The molecule has 0 radical (unpaired) electrons. The predicted octanol–water partition coefficient (Wildman–Crippen LogP) is 0.0444. The average Bonchev–Trinajstić information content (AvgIpc) is 2.12. The van der Waals surface area contributed by atoms with Gasteiger partial charge in [-0.1, -0.05) is 0 Å². The van der Waals surface area contributed by atoms with Crippen molar-refractivity contribution in [1.29, 1.82) is 0 Å². The average molecular weight is 260 g/mol. The van der Waals surface area contributed by atoms with Crippen LogP contribution in [0.15, 0.2) is 0 Å². The summed E-state index contributed by atoms with van der Waals surface area (Å²) in [4.78, 5) is 0. The third-order valence-electron chi connectivity index (χ3n) is 2.66. The number of halogens is 3. The van der Waals surface area contributed by atoms with Gasteiger partial charge in [0.1, 0.15) is 0 Å². The van der Waals surface area contributed by atoms with Gasteiger partial charge in [0.2, 0.25) is 0 Å². The molecule has 1 rings (SSSR count). The Kier molecular flexibility index (Phi) is 3.86. The highest BCUT2D eigenvalue weighted by Gasteiger charge is 2.40. The van der Waals surface area contributed by atoms with Crippen LogP contribution >= 0.6 is 0 Å². The summed E-state index contributed by atoms with van der Waals surface area (Å²) in [6.07, 6.45) is -3.65. The van der Waals surface area contributed by atoms with E-state index >= 15 is 0 Å². The van der Waals surface area contributed by atoms with Crippen LogP contribution in [0.5, 0.6) is 0 Å². The molecule has 0 bridgehead atoms. The largest absolute Gasteiger partial charge is 0.401 e. The van der Waals surface area contributed by atoms with Gasteiger partial charge in [-0.25, -0.2) is 8.42 Å². The van der Waals surface area contributed by atoms with Gasteiger partial charge in [-0.2, -0.15) is 13.2 Å². The van der Waals surface area contributed by atoms with Gasteiger partial charge in [-0.15, -0.1) is 0 Å². The summed E-state index contributed by atoms with van der Waals surface area (Å²) >= 11 is 0. The molecule has 8 heteroatoms. The molecule has 4 nitrogen and oxygen atoms in total. The minimum atomic E-state index is -4.36. The van der Waals surface area contributed by atoms with Crippen LogP contribution in [-0.4, -0.2) is 44.7 Å². The second kappa shape index (κ2) is 4.50. The third-order valence-corrected chi connectivity index (χ3v) is 4.56. The second-order valence-corrected chi connectivity index (χ2v) is 6.33. The van der Waals surface area contributed by atoms with Crippen molar-refractivity contribution >= 4 is 9.84 Å². The Hall–Kier alpha value is -0.340. The van der Waals surface area contributed by atoms with Crippen molar-refractivity contribution in [2.24, 2.45) is 5.73 Å². The molecule has 1 atom stereocenters. The molecule has 1 aliphatic heterocycles. The lowest BCUT2D eigenvalue weighted by atomic mass is 9.95. The maximum absolute atomic E-state index is 12.1. The molecule has 1 fully saturated rings. The Morgan fingerprint density at radius 2 is 2.00 bits per heavy atom. The first-order valence-corrected chi connectivity index (χ1v) is 6.73. The molecule has 0 spiro atoms. The molecule has 0 amide bonds. The molecule has 0 aromatic carbocycles. The molecule has 16 heavy (non-hydrogen) atoms. The molecule has 0 aromatic heterocycles. The van der Waals surface area contributed by atoms with Gasteiger partial charge >= 0.3 is 6.18 Å². The molecule has 1 heterocycles. The zero-order valence-corrected chi connectivity index (χ0v) is 9.50. The van der Waals surface area contributed by atoms with Crippen molar-refractivity contribution in [1.82, 2.24) is 5.32 Å². The van der Waals surface area contributed by atoms with Gasteiger partial charge in [-0.3, -0.25) is 0 Å². The van der Waals surface area contributed by atoms with Crippen molar-refractivity contribution in [3.63, 3.8) is 0 Å². The van der Waals surface area contributed by atoms with E-state index in [1.54, 1.807) is 0 Å². The number of nitrogens with one attached hydrogen (secondary N) is 1. The molecule has 0 saturated carbocycles. The van der Waals surface area contributed by atoms with E-state index in [1.165, 1.54) is 0 Å². The van der Waals surface area contributed by atoms with Gasteiger partial charge in [-0.05, 0) is 12.8 Å². The van der Waals surface area contributed by atoms with Crippen molar-refractivity contribution in [3.05, 3.63) is 0 Å². The van der Waals surface area contributed by atoms with E-state index in [-0.39, 0.29) is 18.1 Å². The van der Waals surface area contributed by atoms with Gasteiger partial charge in [0.05, 0.1) is 18.1 Å². The van der Waals surface area contributed by atoms with Crippen molar-refractivity contribution < 1.29 is 21.6 Å². The summed E-state index contributed by atoms with van der Waals surface area (Å²) in [5.41, 5.74) is 4.28. The highest BCUT2D eigenvalue weighted by Crippen LogP contribution is 2.23. The maximum atomic E-state index is 12.1. The summed E-state index contributed by atoms with van der Waals surface area (Å²) in [5.74, 6) is -0.283. The lowest BCUT2D eigenvalue weighted by Gasteiger charge is -2.37. The van der Waals surface area contributed by atoms with Gasteiger partial charge in [0, 0.05) is 12.1 Å². The summed E-state index contributed by atoms with van der Waals surface area (Å²) in [7, 11) is -3.28. The van der Waals surface area contributed by atoms with Crippen LogP contribution in [0.1, 0.15) is 12.8 Å². The van der Waals surface area contributed by atoms with Crippen LogP contribution < -0.4 is 11.1 Å². The van der Waals surface area contributed by atoms with Crippen LogP contribution in [0, 0.1) is 0 Å². The SMILES string of the molecule is NCC1(NCC(F)(F)F)CCCS(=O)(=O)C1. The first-order valence-electron chi connectivity index (χ1n) is 4.90. The molecule has 3 N–H and O–H groups in total. The molecule has 1 saturated heterocycles. The van der Waals surface area contributed by atoms with Crippen molar-refractivity contribution in [2.45, 2.75) is 24.6 Å². The van der Waals surface area contributed by atoms with Gasteiger partial charge < -0.3 is 11.1 Å². The Morgan fingerprint density at radius 3 is 2.44 bits per heavy atom. The standard InChI is InChI=1S/C8H15F3N2O2S/c9-8(10,11)5-13-7(4-12)2-1-3-16(14,15)6-7/h13H,1-6,12H2. The maximum Gasteiger partial charge on any atom is 0.401 e. The van der Waals surface area contributed by atoms with Crippen LogP contribution in [0.4, 0.5) is 13.2 Å². The topological polar surface area (TPSA) is 72.2 Å². The van der Waals surface area contributed by atoms with Crippen molar-refractivity contribution in [3.8, 4) is 0 Å². The number of alkyl halides is 3. The Morgan fingerprint density at radius 1 is 1.38 bits per heavy atom. The van der Waals surface area contributed by atoms with Crippen LogP contribution in [0.3, 0.4) is 0 Å². The minimum Gasteiger partial charge on any atom is -0.329 e. The zero-order valence-electron chi connectivity index (χ0n) is 8.68. The summed E-state index contributed by atoms with van der Waals surface area (Å²) in [6, 6.07) is 0. The monoisotopic (exact) mass is 260 g/mol. The lowest BCUT2D eigenvalue weighted by molar-refractivity contribution is -0.128. The summed E-state index contributed by atoms with van der Waals surface area (Å²) < 4.78 is 58.9. The number of sulfone groups is 1. The van der Waals surface area contributed by atoms with E-state index in [0.29, 0.717) is 12.8 Å². The van der Waals surface area contributed by atoms with Gasteiger partial charge in [0.15, 0.2) is 9.84 Å². The molecule has 0 aromatic rings. The molecular weight excluding hydrogens is 245 g/mol. The van der Waals surface area contributed by atoms with E-state index in [1.807, 2.05) is 0 Å². The third kappa shape index (κ3) is 3.91. The van der Waals surface area contributed by atoms with E-state index in [4.69, 9.17) is 5.73 Å². The molecular formula is C8H15F3N2O2S.